The number of amidine groups is 1. The van der Waals surface area contributed by atoms with Gasteiger partial charge < -0.3 is 5.32 Å². The molecule has 0 bridgehead atoms. The molecule has 1 aliphatic rings. The number of carbonyl (C=O) groups is 1. The summed E-state index contributed by atoms with van der Waals surface area (Å²) in [6.45, 7) is 2.03. The summed E-state index contributed by atoms with van der Waals surface area (Å²) in [7, 11) is 0. The number of hydrogen-bond acceptors (Lipinski definition) is 3. The maximum atomic E-state index is 11.1. The highest BCUT2D eigenvalue weighted by Gasteiger charge is 2.12. The molecular weight excluding hydrogens is 208 g/mol. The van der Waals surface area contributed by atoms with Gasteiger partial charge in [0, 0.05) is 17.9 Å². The van der Waals surface area contributed by atoms with Gasteiger partial charge in [-0.15, -0.1) is 0 Å². The van der Waals surface area contributed by atoms with Crippen LogP contribution in [0.3, 0.4) is 0 Å². The summed E-state index contributed by atoms with van der Waals surface area (Å²) < 4.78 is 0. The second kappa shape index (κ2) is 4.49. The van der Waals surface area contributed by atoms with Crippen LogP contribution < -0.4 is 5.32 Å². The van der Waals surface area contributed by atoms with Crippen LogP contribution in [0.25, 0.3) is 0 Å². The van der Waals surface area contributed by atoms with Crippen molar-refractivity contribution in [3.63, 3.8) is 0 Å². The second-order valence-electron chi connectivity index (χ2n) is 3.35. The van der Waals surface area contributed by atoms with Gasteiger partial charge in [0.05, 0.1) is 0 Å². The molecule has 1 aliphatic heterocycles. The number of benzene rings is 1. The van der Waals surface area contributed by atoms with Crippen molar-refractivity contribution < 1.29 is 4.79 Å². The van der Waals surface area contributed by atoms with Crippen LogP contribution in [-0.4, -0.2) is 16.8 Å². The molecule has 1 aromatic rings. The average molecular weight is 220 g/mol. The minimum absolute atomic E-state index is 0.0372. The van der Waals surface area contributed by atoms with Crippen molar-refractivity contribution in [1.29, 1.82) is 0 Å². The molecule has 0 spiro atoms. The van der Waals surface area contributed by atoms with Crippen molar-refractivity contribution in [2.24, 2.45) is 4.99 Å². The van der Waals surface area contributed by atoms with Crippen LogP contribution in [0.1, 0.15) is 12.0 Å². The van der Waals surface area contributed by atoms with Gasteiger partial charge in [-0.3, -0.25) is 4.79 Å². The molecule has 15 heavy (non-hydrogen) atoms. The monoisotopic (exact) mass is 220 g/mol. The van der Waals surface area contributed by atoms with Gasteiger partial charge in [0.2, 0.25) is 5.91 Å². The van der Waals surface area contributed by atoms with Gasteiger partial charge in [0.25, 0.3) is 0 Å². The number of amides is 1. The molecule has 0 aliphatic carbocycles. The Balaban J connectivity index is 2.15. The Morgan fingerprint density at radius 1 is 1.40 bits per heavy atom. The van der Waals surface area contributed by atoms with Crippen molar-refractivity contribution in [3.05, 3.63) is 29.8 Å². The molecule has 1 aromatic carbocycles. The number of aliphatic imine (C=N–C) groups is 1. The van der Waals surface area contributed by atoms with Crippen LogP contribution >= 0.6 is 11.8 Å². The highest BCUT2D eigenvalue weighted by Crippen LogP contribution is 2.19. The molecule has 0 atom stereocenters. The zero-order valence-corrected chi connectivity index (χ0v) is 9.30. The predicted octanol–water partition coefficient (Wildman–Crippen LogP) is 2.43. The smallest absolute Gasteiger partial charge is 0.248 e. The average Bonchev–Trinajstić information content (AvgIpc) is 2.22. The highest BCUT2D eigenvalue weighted by molar-refractivity contribution is 8.14. The second-order valence-corrected chi connectivity index (χ2v) is 4.43. The van der Waals surface area contributed by atoms with E-state index >= 15 is 0 Å². The van der Waals surface area contributed by atoms with Gasteiger partial charge in [-0.25, -0.2) is 0 Å². The van der Waals surface area contributed by atoms with Gasteiger partial charge in [0.15, 0.2) is 5.17 Å². The zero-order valence-electron chi connectivity index (χ0n) is 8.49. The van der Waals surface area contributed by atoms with Gasteiger partial charge in [-0.1, -0.05) is 30.0 Å². The van der Waals surface area contributed by atoms with E-state index in [0.29, 0.717) is 11.6 Å². The van der Waals surface area contributed by atoms with Crippen LogP contribution in [0, 0.1) is 6.92 Å². The molecule has 0 radical (unpaired) electrons. The molecule has 2 rings (SSSR count). The van der Waals surface area contributed by atoms with E-state index in [-0.39, 0.29) is 5.91 Å². The SMILES string of the molecule is Cc1ccccc1NC1=NC(=O)CCS1. The summed E-state index contributed by atoms with van der Waals surface area (Å²) in [4.78, 5) is 15.1. The summed E-state index contributed by atoms with van der Waals surface area (Å²) in [5.74, 6) is 0.779. The number of hydrogen-bond donors (Lipinski definition) is 1. The van der Waals surface area contributed by atoms with Crippen molar-refractivity contribution in [1.82, 2.24) is 0 Å². The Morgan fingerprint density at radius 2 is 2.20 bits per heavy atom. The van der Waals surface area contributed by atoms with Crippen LogP contribution in [0.4, 0.5) is 5.69 Å². The molecule has 1 amide bonds. The Kier molecular flexibility index (Phi) is 3.06. The predicted molar refractivity (Wildman–Crippen MR) is 64.3 cm³/mol. The topological polar surface area (TPSA) is 41.5 Å². The third kappa shape index (κ3) is 2.59. The van der Waals surface area contributed by atoms with Crippen LogP contribution in [0.5, 0.6) is 0 Å². The number of carbonyl (C=O) groups excluding carboxylic acids is 1. The molecule has 1 heterocycles. The lowest BCUT2D eigenvalue weighted by Gasteiger charge is -2.13. The van der Waals surface area contributed by atoms with Gasteiger partial charge >= 0.3 is 0 Å². The molecule has 0 saturated carbocycles. The molecular formula is C11H12N2OS. The van der Waals surface area contributed by atoms with Crippen molar-refractivity contribution in [3.8, 4) is 0 Å². The van der Waals surface area contributed by atoms with E-state index in [2.05, 4.69) is 10.3 Å². The normalized spacial score (nSPS) is 16.1. The van der Waals surface area contributed by atoms with Crippen LogP contribution in [-0.2, 0) is 4.79 Å². The maximum absolute atomic E-state index is 11.1. The fourth-order valence-corrected chi connectivity index (χ4v) is 2.15. The molecule has 3 nitrogen and oxygen atoms in total. The number of rotatable bonds is 1. The van der Waals surface area contributed by atoms with E-state index in [1.54, 1.807) is 11.8 Å². The van der Waals surface area contributed by atoms with Crippen molar-refractivity contribution in [2.45, 2.75) is 13.3 Å². The number of thioether (sulfide) groups is 1. The molecule has 0 unspecified atom stereocenters. The fourth-order valence-electron chi connectivity index (χ4n) is 1.33. The largest absolute Gasteiger partial charge is 0.334 e. The van der Waals surface area contributed by atoms with Crippen LogP contribution in [0.2, 0.25) is 0 Å². The lowest BCUT2D eigenvalue weighted by atomic mass is 10.2. The Morgan fingerprint density at radius 3 is 2.93 bits per heavy atom. The first-order valence-electron chi connectivity index (χ1n) is 4.83. The van der Waals surface area contributed by atoms with Gasteiger partial charge in [-0.2, -0.15) is 4.99 Å². The van der Waals surface area contributed by atoms with Crippen molar-refractivity contribution in [2.75, 3.05) is 11.1 Å². The summed E-state index contributed by atoms with van der Waals surface area (Å²) in [6, 6.07) is 7.96. The third-order valence-corrected chi connectivity index (χ3v) is 3.04. The molecule has 4 heteroatoms. The van der Waals surface area contributed by atoms with Crippen molar-refractivity contribution >= 4 is 28.5 Å². The summed E-state index contributed by atoms with van der Waals surface area (Å²) in [5.41, 5.74) is 2.16. The van der Waals surface area contributed by atoms with Crippen LogP contribution in [0.15, 0.2) is 29.3 Å². The number of nitrogens with zero attached hydrogens (tertiary/aromatic N) is 1. The van der Waals surface area contributed by atoms with Gasteiger partial charge in [-0.05, 0) is 18.6 Å². The minimum Gasteiger partial charge on any atom is -0.334 e. The number of para-hydroxylation sites is 1. The molecule has 0 saturated heterocycles. The number of aryl methyl sites for hydroxylation is 1. The summed E-state index contributed by atoms with van der Waals surface area (Å²) >= 11 is 1.59. The highest BCUT2D eigenvalue weighted by atomic mass is 32.2. The van der Waals surface area contributed by atoms with E-state index in [9.17, 15) is 4.79 Å². The standard InChI is InChI=1S/C11H12N2OS/c1-8-4-2-3-5-9(8)12-11-13-10(14)6-7-15-11/h2-5H,6-7H2,1H3,(H,12,13,14). The van der Waals surface area contributed by atoms with E-state index in [0.717, 1.165) is 17.0 Å². The summed E-state index contributed by atoms with van der Waals surface area (Å²) in [6.07, 6.45) is 0.545. The Labute approximate surface area is 93.0 Å². The fraction of sp³-hybridized carbons (Fsp3) is 0.273. The first kappa shape index (κ1) is 10.2. The van der Waals surface area contributed by atoms with E-state index in [1.165, 1.54) is 0 Å². The molecule has 1 N–H and O–H groups in total. The number of nitrogens with one attached hydrogen (secondary N) is 1. The van der Waals surface area contributed by atoms with E-state index in [4.69, 9.17) is 0 Å². The summed E-state index contributed by atoms with van der Waals surface area (Å²) in [5, 5.41) is 3.88. The van der Waals surface area contributed by atoms with E-state index < -0.39 is 0 Å². The van der Waals surface area contributed by atoms with E-state index in [1.807, 2.05) is 31.2 Å². The first-order chi connectivity index (χ1) is 7.25. The lowest BCUT2D eigenvalue weighted by molar-refractivity contribution is -0.117. The quantitative estimate of drug-likeness (QED) is 0.790. The third-order valence-electron chi connectivity index (χ3n) is 2.17. The zero-order chi connectivity index (χ0) is 10.7. The molecule has 0 aromatic heterocycles. The lowest BCUT2D eigenvalue weighted by Crippen LogP contribution is -2.16. The Hall–Kier alpha value is -1.29. The minimum atomic E-state index is -0.0372. The Bertz CT molecular complexity index is 415. The molecule has 0 fully saturated rings. The molecule has 78 valence electrons. The maximum Gasteiger partial charge on any atom is 0.248 e. The number of anilines is 1. The first-order valence-corrected chi connectivity index (χ1v) is 5.81. The van der Waals surface area contributed by atoms with Gasteiger partial charge in [0.1, 0.15) is 0 Å².